The molecule has 80 valence electrons. The summed E-state index contributed by atoms with van der Waals surface area (Å²) in [6, 6.07) is 6.77. The van der Waals surface area contributed by atoms with Gasteiger partial charge in [0.2, 0.25) is 0 Å². The van der Waals surface area contributed by atoms with Crippen LogP contribution in [0.5, 0.6) is 0 Å². The number of quaternary nitrogens is 1. The predicted molar refractivity (Wildman–Crippen MR) is 57.7 cm³/mol. The number of nitrogens with zero attached hydrogens (tertiary/aromatic N) is 1. The second kappa shape index (κ2) is 4.81. The lowest BCUT2D eigenvalue weighted by Crippen LogP contribution is -3.00. The summed E-state index contributed by atoms with van der Waals surface area (Å²) >= 11 is 0. The first-order chi connectivity index (χ1) is 5.87. The minimum Gasteiger partial charge on any atom is -1.00 e. The van der Waals surface area contributed by atoms with Gasteiger partial charge in [-0.15, -0.1) is 0 Å². The zero-order valence-electron chi connectivity index (χ0n) is 9.76. The molecule has 1 nitrogen and oxygen atoms in total. The molecule has 0 heterocycles. The molecule has 0 fully saturated rings. The molecule has 0 unspecified atom stereocenters. The van der Waals surface area contributed by atoms with E-state index in [1.807, 2.05) is 0 Å². The quantitative estimate of drug-likeness (QED) is 0.582. The van der Waals surface area contributed by atoms with Crippen LogP contribution in [-0.4, -0.2) is 25.6 Å². The Morgan fingerprint density at radius 2 is 1.36 bits per heavy atom. The Bertz CT molecular complexity index is 279. The van der Waals surface area contributed by atoms with Crippen LogP contribution in [-0.2, 0) is 6.54 Å². The zero-order chi connectivity index (χ0) is 10.1. The van der Waals surface area contributed by atoms with E-state index >= 15 is 0 Å². The van der Waals surface area contributed by atoms with Crippen molar-refractivity contribution < 1.29 is 16.9 Å². The number of halogens is 1. The standard InChI is InChI=1S/C12H20N.ClH/c1-10-6-11(2)8-12(7-10)9-13(3,4)5;/h6-8H,9H2,1-5H3;1H/q+1;/p-1. The van der Waals surface area contributed by atoms with Crippen LogP contribution in [0.2, 0.25) is 0 Å². The Morgan fingerprint density at radius 3 is 1.71 bits per heavy atom. The van der Waals surface area contributed by atoms with Gasteiger partial charge in [-0.3, -0.25) is 0 Å². The number of benzene rings is 1. The van der Waals surface area contributed by atoms with Gasteiger partial charge in [0.1, 0.15) is 6.54 Å². The molecule has 14 heavy (non-hydrogen) atoms. The van der Waals surface area contributed by atoms with Crippen molar-refractivity contribution in [2.24, 2.45) is 0 Å². The molecule has 0 aliphatic heterocycles. The number of hydrogen-bond donors (Lipinski definition) is 0. The summed E-state index contributed by atoms with van der Waals surface area (Å²) in [6.45, 7) is 5.42. The molecule has 0 aromatic heterocycles. The van der Waals surface area contributed by atoms with Gasteiger partial charge >= 0.3 is 0 Å². The highest BCUT2D eigenvalue weighted by Crippen LogP contribution is 2.12. The van der Waals surface area contributed by atoms with Crippen molar-refractivity contribution >= 4 is 0 Å². The van der Waals surface area contributed by atoms with Crippen molar-refractivity contribution in [1.29, 1.82) is 0 Å². The van der Waals surface area contributed by atoms with E-state index in [-0.39, 0.29) is 12.4 Å². The van der Waals surface area contributed by atoms with Crippen molar-refractivity contribution in [2.45, 2.75) is 20.4 Å². The fourth-order valence-corrected chi connectivity index (χ4v) is 1.71. The number of aryl methyl sites for hydroxylation is 2. The lowest BCUT2D eigenvalue weighted by atomic mass is 10.1. The van der Waals surface area contributed by atoms with E-state index in [1.165, 1.54) is 16.7 Å². The third-order valence-corrected chi connectivity index (χ3v) is 1.94. The molecule has 0 aliphatic carbocycles. The average Bonchev–Trinajstić information content (AvgIpc) is 1.78. The van der Waals surface area contributed by atoms with E-state index in [0.717, 1.165) is 11.0 Å². The van der Waals surface area contributed by atoms with Crippen LogP contribution in [0, 0.1) is 13.8 Å². The fraction of sp³-hybridized carbons (Fsp3) is 0.500. The minimum absolute atomic E-state index is 0. The van der Waals surface area contributed by atoms with Gasteiger partial charge in [0.15, 0.2) is 0 Å². The van der Waals surface area contributed by atoms with Crippen molar-refractivity contribution in [3.63, 3.8) is 0 Å². The molecule has 0 saturated heterocycles. The van der Waals surface area contributed by atoms with E-state index in [4.69, 9.17) is 0 Å². The molecule has 0 atom stereocenters. The average molecular weight is 214 g/mol. The summed E-state index contributed by atoms with van der Waals surface area (Å²) in [7, 11) is 6.66. The highest BCUT2D eigenvalue weighted by Gasteiger charge is 2.08. The summed E-state index contributed by atoms with van der Waals surface area (Å²) in [5.41, 5.74) is 4.16. The summed E-state index contributed by atoms with van der Waals surface area (Å²) in [4.78, 5) is 0. The summed E-state index contributed by atoms with van der Waals surface area (Å²) in [6.07, 6.45) is 0. The van der Waals surface area contributed by atoms with Crippen LogP contribution in [0.25, 0.3) is 0 Å². The maximum atomic E-state index is 2.27. The first-order valence-electron chi connectivity index (χ1n) is 4.74. The molecule has 0 saturated carbocycles. The maximum Gasteiger partial charge on any atom is 0.104 e. The molecule has 0 spiro atoms. The van der Waals surface area contributed by atoms with Crippen molar-refractivity contribution in [1.82, 2.24) is 0 Å². The maximum absolute atomic E-state index is 2.27. The van der Waals surface area contributed by atoms with Gasteiger partial charge in [0.05, 0.1) is 21.1 Å². The largest absolute Gasteiger partial charge is 1.00 e. The zero-order valence-corrected chi connectivity index (χ0v) is 10.5. The molecule has 0 bridgehead atoms. The topological polar surface area (TPSA) is 0 Å². The molecule has 0 aliphatic rings. The van der Waals surface area contributed by atoms with E-state index in [2.05, 4.69) is 53.2 Å². The molecule has 1 aromatic rings. The molecule has 0 amide bonds. The Kier molecular flexibility index (Phi) is 4.63. The normalized spacial score (nSPS) is 10.9. The Hall–Kier alpha value is -0.530. The predicted octanol–water partition coefficient (Wildman–Crippen LogP) is -0.486. The molecule has 1 rings (SSSR count). The van der Waals surface area contributed by atoms with Gasteiger partial charge < -0.3 is 16.9 Å². The van der Waals surface area contributed by atoms with Crippen LogP contribution in [0.3, 0.4) is 0 Å². The molecular formula is C12H20ClN. The van der Waals surface area contributed by atoms with Crippen LogP contribution in [0.1, 0.15) is 16.7 Å². The Labute approximate surface area is 93.7 Å². The SMILES string of the molecule is Cc1cc(C)cc(C[N+](C)(C)C)c1.[Cl-]. The van der Waals surface area contributed by atoms with E-state index < -0.39 is 0 Å². The lowest BCUT2D eigenvalue weighted by molar-refractivity contribution is -0.884. The third kappa shape index (κ3) is 4.64. The second-order valence-corrected chi connectivity index (χ2v) is 4.94. The number of hydrogen-bond acceptors (Lipinski definition) is 0. The van der Waals surface area contributed by atoms with Gasteiger partial charge in [-0.1, -0.05) is 29.3 Å². The van der Waals surface area contributed by atoms with Crippen LogP contribution in [0.15, 0.2) is 18.2 Å². The van der Waals surface area contributed by atoms with Gasteiger partial charge in [0, 0.05) is 5.56 Å². The molecule has 0 N–H and O–H groups in total. The first kappa shape index (κ1) is 13.5. The van der Waals surface area contributed by atoms with Gasteiger partial charge in [-0.05, 0) is 13.8 Å². The molecule has 0 radical (unpaired) electrons. The van der Waals surface area contributed by atoms with Gasteiger partial charge in [-0.25, -0.2) is 0 Å². The smallest absolute Gasteiger partial charge is 0.104 e. The first-order valence-corrected chi connectivity index (χ1v) is 4.74. The summed E-state index contributed by atoms with van der Waals surface area (Å²) in [5.74, 6) is 0. The van der Waals surface area contributed by atoms with Gasteiger partial charge in [-0.2, -0.15) is 0 Å². The Morgan fingerprint density at radius 1 is 0.929 bits per heavy atom. The van der Waals surface area contributed by atoms with Crippen LogP contribution >= 0.6 is 0 Å². The Balaban J connectivity index is 0.00000169. The molecular weight excluding hydrogens is 194 g/mol. The van der Waals surface area contributed by atoms with Crippen molar-refractivity contribution in [2.75, 3.05) is 21.1 Å². The summed E-state index contributed by atoms with van der Waals surface area (Å²) in [5, 5.41) is 0. The van der Waals surface area contributed by atoms with E-state index in [0.29, 0.717) is 0 Å². The summed E-state index contributed by atoms with van der Waals surface area (Å²) < 4.78 is 0.989. The van der Waals surface area contributed by atoms with Crippen molar-refractivity contribution in [3.8, 4) is 0 Å². The third-order valence-electron chi connectivity index (χ3n) is 1.94. The molecule has 1 aromatic carbocycles. The number of rotatable bonds is 2. The van der Waals surface area contributed by atoms with Gasteiger partial charge in [0.25, 0.3) is 0 Å². The van der Waals surface area contributed by atoms with Crippen molar-refractivity contribution in [3.05, 3.63) is 34.9 Å². The highest BCUT2D eigenvalue weighted by atomic mass is 35.5. The highest BCUT2D eigenvalue weighted by molar-refractivity contribution is 5.27. The van der Waals surface area contributed by atoms with Crippen LogP contribution < -0.4 is 12.4 Å². The lowest BCUT2D eigenvalue weighted by Gasteiger charge is -2.24. The van der Waals surface area contributed by atoms with E-state index in [1.54, 1.807) is 0 Å². The van der Waals surface area contributed by atoms with E-state index in [9.17, 15) is 0 Å². The monoisotopic (exact) mass is 213 g/mol. The second-order valence-electron chi connectivity index (χ2n) is 4.94. The molecule has 2 heteroatoms. The van der Waals surface area contributed by atoms with Crippen LogP contribution in [0.4, 0.5) is 0 Å². The minimum atomic E-state index is 0. The fourth-order valence-electron chi connectivity index (χ4n) is 1.71.